The van der Waals surface area contributed by atoms with Crippen LogP contribution in [0.1, 0.15) is 18.9 Å². The van der Waals surface area contributed by atoms with Crippen molar-refractivity contribution in [1.82, 2.24) is 0 Å². The summed E-state index contributed by atoms with van der Waals surface area (Å²) in [4.78, 5) is 11.5. The van der Waals surface area contributed by atoms with Crippen molar-refractivity contribution in [2.75, 3.05) is 5.32 Å². The molecule has 1 aromatic rings. The lowest BCUT2D eigenvalue weighted by atomic mass is 10.1. The molecule has 3 N–H and O–H groups in total. The van der Waals surface area contributed by atoms with Crippen LogP contribution in [0, 0.1) is 0 Å². The Balaban J connectivity index is 2.99. The van der Waals surface area contributed by atoms with Gasteiger partial charge in [0.25, 0.3) is 0 Å². The number of carbonyl (C=O) groups is 1. The highest BCUT2D eigenvalue weighted by Gasteiger charge is 2.31. The Hall–Kier alpha value is -1.08. The van der Waals surface area contributed by atoms with Crippen molar-refractivity contribution in [2.45, 2.75) is 25.6 Å². The van der Waals surface area contributed by atoms with Gasteiger partial charge in [0.1, 0.15) is 0 Å². The number of alkyl halides is 3. The second-order valence-corrected chi connectivity index (χ2v) is 4.55. The Morgan fingerprint density at radius 3 is 2.61 bits per heavy atom. The van der Waals surface area contributed by atoms with E-state index in [1.54, 1.807) is 6.92 Å². The largest absolute Gasteiger partial charge is 0.416 e. The summed E-state index contributed by atoms with van der Waals surface area (Å²) in [6, 6.07) is 2.28. The van der Waals surface area contributed by atoms with Crippen LogP contribution in [0.15, 0.2) is 22.7 Å². The second-order valence-electron chi connectivity index (χ2n) is 3.70. The minimum Gasteiger partial charge on any atom is -0.324 e. The van der Waals surface area contributed by atoms with E-state index in [4.69, 9.17) is 5.73 Å². The molecule has 0 saturated carbocycles. The van der Waals surface area contributed by atoms with Crippen LogP contribution in [-0.4, -0.2) is 11.9 Å². The fourth-order valence-corrected chi connectivity index (χ4v) is 1.55. The molecule has 0 saturated heterocycles. The standard InChI is InChI=1S/C11H12BrF3N2O/c1-2-8(16)10(18)17-9-5-6(11(13,14)15)3-4-7(9)12/h3-5,8H,2,16H2,1H3,(H,17,18). The van der Waals surface area contributed by atoms with E-state index < -0.39 is 23.7 Å². The number of hydrogen-bond acceptors (Lipinski definition) is 2. The van der Waals surface area contributed by atoms with E-state index in [9.17, 15) is 18.0 Å². The summed E-state index contributed by atoms with van der Waals surface area (Å²) < 4.78 is 37.9. The highest BCUT2D eigenvalue weighted by Crippen LogP contribution is 2.33. The fourth-order valence-electron chi connectivity index (χ4n) is 1.21. The van der Waals surface area contributed by atoms with Gasteiger partial charge in [0.15, 0.2) is 0 Å². The molecule has 18 heavy (non-hydrogen) atoms. The van der Waals surface area contributed by atoms with Crippen LogP contribution >= 0.6 is 15.9 Å². The first-order chi connectivity index (χ1) is 8.25. The zero-order chi connectivity index (χ0) is 13.9. The van der Waals surface area contributed by atoms with Gasteiger partial charge in [-0.15, -0.1) is 0 Å². The smallest absolute Gasteiger partial charge is 0.324 e. The van der Waals surface area contributed by atoms with Crippen molar-refractivity contribution in [2.24, 2.45) is 5.73 Å². The first-order valence-electron chi connectivity index (χ1n) is 5.19. The van der Waals surface area contributed by atoms with Gasteiger partial charge in [0.2, 0.25) is 5.91 Å². The van der Waals surface area contributed by atoms with Crippen LogP contribution in [0.25, 0.3) is 0 Å². The van der Waals surface area contributed by atoms with E-state index in [1.165, 1.54) is 6.07 Å². The maximum Gasteiger partial charge on any atom is 0.416 e. The summed E-state index contributed by atoms with van der Waals surface area (Å²) in [5, 5.41) is 2.36. The molecular weight excluding hydrogens is 313 g/mol. The number of rotatable bonds is 3. The molecule has 0 aliphatic carbocycles. The van der Waals surface area contributed by atoms with Gasteiger partial charge in [-0.3, -0.25) is 4.79 Å². The van der Waals surface area contributed by atoms with Crippen molar-refractivity contribution >= 4 is 27.5 Å². The summed E-state index contributed by atoms with van der Waals surface area (Å²) in [6.07, 6.45) is -4.05. The second kappa shape index (κ2) is 5.71. The summed E-state index contributed by atoms with van der Waals surface area (Å²) >= 11 is 3.07. The number of anilines is 1. The van der Waals surface area contributed by atoms with Gasteiger partial charge in [-0.05, 0) is 40.5 Å². The normalized spacial score (nSPS) is 13.2. The minimum atomic E-state index is -4.45. The highest BCUT2D eigenvalue weighted by molar-refractivity contribution is 9.10. The first-order valence-corrected chi connectivity index (χ1v) is 5.98. The molecule has 0 fully saturated rings. The highest BCUT2D eigenvalue weighted by atomic mass is 79.9. The molecule has 1 unspecified atom stereocenters. The Morgan fingerprint density at radius 2 is 2.11 bits per heavy atom. The zero-order valence-electron chi connectivity index (χ0n) is 9.51. The average molecular weight is 325 g/mol. The summed E-state index contributed by atoms with van der Waals surface area (Å²) in [6.45, 7) is 1.71. The number of benzene rings is 1. The van der Waals surface area contributed by atoms with E-state index >= 15 is 0 Å². The van der Waals surface area contributed by atoms with Crippen molar-refractivity contribution < 1.29 is 18.0 Å². The summed E-state index contributed by atoms with van der Waals surface area (Å²) in [5.74, 6) is -0.516. The molecule has 1 amide bonds. The van der Waals surface area contributed by atoms with Gasteiger partial charge >= 0.3 is 6.18 Å². The van der Waals surface area contributed by atoms with Crippen molar-refractivity contribution in [3.05, 3.63) is 28.2 Å². The van der Waals surface area contributed by atoms with Crippen LogP contribution in [0.4, 0.5) is 18.9 Å². The van der Waals surface area contributed by atoms with Crippen LogP contribution in [0.5, 0.6) is 0 Å². The molecule has 0 spiro atoms. The monoisotopic (exact) mass is 324 g/mol. The number of halogens is 4. The van der Waals surface area contributed by atoms with Gasteiger partial charge in [-0.25, -0.2) is 0 Å². The molecule has 0 aliphatic heterocycles. The number of hydrogen-bond donors (Lipinski definition) is 2. The summed E-state index contributed by atoms with van der Waals surface area (Å²) in [7, 11) is 0. The SMILES string of the molecule is CCC(N)C(=O)Nc1cc(C(F)(F)F)ccc1Br. The maximum absolute atomic E-state index is 12.5. The lowest BCUT2D eigenvalue weighted by molar-refractivity contribution is -0.137. The van der Waals surface area contributed by atoms with E-state index in [2.05, 4.69) is 21.2 Å². The molecule has 0 radical (unpaired) electrons. The quantitative estimate of drug-likeness (QED) is 0.897. The van der Waals surface area contributed by atoms with E-state index in [0.717, 1.165) is 12.1 Å². The third-order valence-corrected chi connectivity index (χ3v) is 3.02. The van der Waals surface area contributed by atoms with Crippen molar-refractivity contribution in [1.29, 1.82) is 0 Å². The van der Waals surface area contributed by atoms with E-state index in [-0.39, 0.29) is 5.69 Å². The van der Waals surface area contributed by atoms with Gasteiger partial charge in [-0.2, -0.15) is 13.2 Å². The number of carbonyl (C=O) groups excluding carboxylic acids is 1. The molecule has 0 bridgehead atoms. The first kappa shape index (κ1) is 15.0. The maximum atomic E-state index is 12.5. The molecule has 0 aliphatic rings. The van der Waals surface area contributed by atoms with Gasteiger partial charge in [-0.1, -0.05) is 6.92 Å². The number of nitrogens with two attached hydrogens (primary N) is 1. The topological polar surface area (TPSA) is 55.1 Å². The molecule has 1 rings (SSSR count). The third kappa shape index (κ3) is 3.71. The summed E-state index contributed by atoms with van der Waals surface area (Å²) in [5.41, 5.74) is 4.72. The molecule has 1 atom stereocenters. The fraction of sp³-hybridized carbons (Fsp3) is 0.364. The Bertz CT molecular complexity index is 448. The lowest BCUT2D eigenvalue weighted by Gasteiger charge is -2.14. The Kier molecular flexibility index (Phi) is 4.75. The average Bonchev–Trinajstić information content (AvgIpc) is 2.29. The molecule has 7 heteroatoms. The minimum absolute atomic E-state index is 0.0544. The molecule has 0 heterocycles. The van der Waals surface area contributed by atoms with Crippen LogP contribution < -0.4 is 11.1 Å². The van der Waals surface area contributed by atoms with Crippen LogP contribution in [0.2, 0.25) is 0 Å². The molecule has 1 aromatic carbocycles. The van der Waals surface area contributed by atoms with Crippen molar-refractivity contribution in [3.63, 3.8) is 0 Å². The van der Waals surface area contributed by atoms with Crippen LogP contribution in [0.3, 0.4) is 0 Å². The predicted octanol–water partition coefficient (Wildman–Crippen LogP) is 3.14. The molecular formula is C11H12BrF3N2O. The molecule has 0 aromatic heterocycles. The Labute approximate surface area is 111 Å². The third-order valence-electron chi connectivity index (χ3n) is 2.33. The predicted molar refractivity (Wildman–Crippen MR) is 66.0 cm³/mol. The molecule has 3 nitrogen and oxygen atoms in total. The van der Waals surface area contributed by atoms with Crippen LogP contribution in [-0.2, 0) is 11.0 Å². The van der Waals surface area contributed by atoms with E-state index in [1.807, 2.05) is 0 Å². The molecule has 100 valence electrons. The zero-order valence-corrected chi connectivity index (χ0v) is 11.1. The van der Waals surface area contributed by atoms with Crippen molar-refractivity contribution in [3.8, 4) is 0 Å². The number of amides is 1. The van der Waals surface area contributed by atoms with E-state index in [0.29, 0.717) is 10.9 Å². The van der Waals surface area contributed by atoms with Gasteiger partial charge in [0.05, 0.1) is 17.3 Å². The van der Waals surface area contributed by atoms with Gasteiger partial charge < -0.3 is 11.1 Å². The lowest BCUT2D eigenvalue weighted by Crippen LogP contribution is -2.34. The van der Waals surface area contributed by atoms with Gasteiger partial charge in [0, 0.05) is 4.47 Å². The number of nitrogens with one attached hydrogen (secondary N) is 1. The Morgan fingerprint density at radius 1 is 1.50 bits per heavy atom.